The topological polar surface area (TPSA) is 80.3 Å². The van der Waals surface area contributed by atoms with Crippen molar-refractivity contribution in [3.05, 3.63) is 94.4 Å². The number of rotatable bonds is 7. The summed E-state index contributed by atoms with van der Waals surface area (Å²) in [4.78, 5) is 30.4. The maximum Gasteiger partial charge on any atom is 0.271 e. The molecule has 0 unspecified atom stereocenters. The van der Waals surface area contributed by atoms with E-state index in [1.54, 1.807) is 5.38 Å². The Morgan fingerprint density at radius 1 is 0.857 bits per heavy atom. The van der Waals surface area contributed by atoms with Gasteiger partial charge < -0.3 is 15.4 Å². The van der Waals surface area contributed by atoms with Gasteiger partial charge in [0.05, 0.1) is 0 Å². The Morgan fingerprint density at radius 3 is 2.31 bits per heavy atom. The van der Waals surface area contributed by atoms with Gasteiger partial charge in [0.15, 0.2) is 0 Å². The Morgan fingerprint density at radius 2 is 1.54 bits per heavy atom. The molecule has 1 aliphatic carbocycles. The van der Waals surface area contributed by atoms with Crippen LogP contribution in [0.5, 0.6) is 5.75 Å². The van der Waals surface area contributed by atoms with Gasteiger partial charge >= 0.3 is 0 Å². The number of nitrogens with one attached hydrogen (secondary N) is 2. The van der Waals surface area contributed by atoms with Gasteiger partial charge in [-0.1, -0.05) is 61.4 Å². The minimum Gasteiger partial charge on any atom is -0.486 e. The van der Waals surface area contributed by atoms with E-state index < -0.39 is 0 Å². The second kappa shape index (κ2) is 10.7. The molecular formula is C28H27N3O3S. The van der Waals surface area contributed by atoms with Crippen molar-refractivity contribution in [3.63, 3.8) is 0 Å². The average Bonchev–Trinajstić information content (AvgIpc) is 3.38. The fourth-order valence-electron chi connectivity index (χ4n) is 4.44. The van der Waals surface area contributed by atoms with Crippen LogP contribution in [0.1, 0.15) is 51.5 Å². The second-order valence-corrected chi connectivity index (χ2v) is 9.68. The van der Waals surface area contributed by atoms with Gasteiger partial charge in [0.25, 0.3) is 11.8 Å². The number of amides is 2. The molecule has 1 aliphatic rings. The molecule has 6 nitrogen and oxygen atoms in total. The summed E-state index contributed by atoms with van der Waals surface area (Å²) in [6.07, 6.45) is 3.69. The van der Waals surface area contributed by atoms with E-state index in [1.807, 2.05) is 72.8 Å². The maximum absolute atomic E-state index is 13.0. The fraction of sp³-hybridized carbons (Fsp3) is 0.250. The first-order valence-electron chi connectivity index (χ1n) is 11.9. The normalized spacial score (nSPS) is 17.6. The number of carbonyl (C=O) groups is 2. The Labute approximate surface area is 208 Å². The molecule has 2 atom stereocenters. The van der Waals surface area contributed by atoms with Crippen LogP contribution in [0.2, 0.25) is 0 Å². The third kappa shape index (κ3) is 5.69. The van der Waals surface area contributed by atoms with Crippen LogP contribution >= 0.6 is 11.3 Å². The van der Waals surface area contributed by atoms with E-state index in [2.05, 4.69) is 15.6 Å². The lowest BCUT2D eigenvalue weighted by atomic mass is 9.90. The van der Waals surface area contributed by atoms with Gasteiger partial charge in [-0.25, -0.2) is 4.98 Å². The lowest BCUT2D eigenvalue weighted by Crippen LogP contribution is -2.53. The SMILES string of the molecule is O=C(N[C@H]1CCCC[C@@H]1NC(=O)c1csc(COc2ccccc2)n1)c1ccc2ccccc2c1. The summed E-state index contributed by atoms with van der Waals surface area (Å²) in [5.74, 6) is 0.431. The summed E-state index contributed by atoms with van der Waals surface area (Å²) >= 11 is 1.40. The van der Waals surface area contributed by atoms with E-state index in [0.717, 1.165) is 47.2 Å². The lowest BCUT2D eigenvalue weighted by Gasteiger charge is -2.32. The largest absolute Gasteiger partial charge is 0.486 e. The molecule has 0 radical (unpaired) electrons. The van der Waals surface area contributed by atoms with Gasteiger partial charge in [-0.3, -0.25) is 9.59 Å². The minimum atomic E-state index is -0.218. The van der Waals surface area contributed by atoms with E-state index >= 15 is 0 Å². The molecule has 7 heteroatoms. The number of thiazole rings is 1. The summed E-state index contributed by atoms with van der Waals surface area (Å²) in [6.45, 7) is 0.315. The summed E-state index contributed by atoms with van der Waals surface area (Å²) in [5, 5.41) is 10.9. The molecule has 35 heavy (non-hydrogen) atoms. The molecule has 1 fully saturated rings. The summed E-state index contributed by atoms with van der Waals surface area (Å²) in [5.41, 5.74) is 1.01. The molecule has 1 saturated carbocycles. The minimum absolute atomic E-state index is 0.115. The average molecular weight is 486 g/mol. The third-order valence-corrected chi connectivity index (χ3v) is 7.12. The summed E-state index contributed by atoms with van der Waals surface area (Å²) < 4.78 is 5.73. The molecule has 2 N–H and O–H groups in total. The van der Waals surface area contributed by atoms with Crippen molar-refractivity contribution < 1.29 is 14.3 Å². The first kappa shape index (κ1) is 23.1. The van der Waals surface area contributed by atoms with Gasteiger partial charge in [-0.05, 0) is 47.9 Å². The third-order valence-electron chi connectivity index (χ3n) is 6.30. The molecular weight excluding hydrogens is 458 g/mol. The van der Waals surface area contributed by atoms with Crippen molar-refractivity contribution in [2.45, 2.75) is 44.4 Å². The smallest absolute Gasteiger partial charge is 0.271 e. The number of hydrogen-bond donors (Lipinski definition) is 2. The van der Waals surface area contributed by atoms with Crippen molar-refractivity contribution >= 4 is 33.9 Å². The first-order chi connectivity index (χ1) is 17.2. The number of nitrogens with zero attached hydrogens (tertiary/aromatic N) is 1. The monoisotopic (exact) mass is 485 g/mol. The van der Waals surface area contributed by atoms with Crippen LogP contribution in [-0.2, 0) is 6.61 Å². The molecule has 4 aromatic rings. The van der Waals surface area contributed by atoms with Crippen LogP contribution < -0.4 is 15.4 Å². The van der Waals surface area contributed by atoms with Gasteiger partial charge in [0, 0.05) is 23.0 Å². The number of benzene rings is 3. The predicted octanol–water partition coefficient (Wildman–Crippen LogP) is 5.35. The van der Waals surface area contributed by atoms with Crippen LogP contribution in [0.4, 0.5) is 0 Å². The number of ether oxygens (including phenoxy) is 1. The zero-order valence-corrected chi connectivity index (χ0v) is 20.1. The Kier molecular flexibility index (Phi) is 7.04. The van der Waals surface area contributed by atoms with Crippen LogP contribution in [0.25, 0.3) is 10.8 Å². The Hall–Kier alpha value is -3.71. The van der Waals surface area contributed by atoms with Gasteiger partial charge in [0.1, 0.15) is 23.1 Å². The van der Waals surface area contributed by atoms with E-state index in [4.69, 9.17) is 4.74 Å². The van der Waals surface area contributed by atoms with Gasteiger partial charge in [0.2, 0.25) is 0 Å². The molecule has 1 aromatic heterocycles. The summed E-state index contributed by atoms with van der Waals surface area (Å²) in [6, 6.07) is 23.0. The fourth-order valence-corrected chi connectivity index (χ4v) is 5.13. The van der Waals surface area contributed by atoms with Crippen LogP contribution in [-0.4, -0.2) is 28.9 Å². The molecule has 0 bridgehead atoms. The van der Waals surface area contributed by atoms with Crippen molar-refractivity contribution in [3.8, 4) is 5.75 Å². The standard InChI is InChI=1S/C28H27N3O3S/c32-27(21-15-14-19-8-4-5-9-20(19)16-21)30-23-12-6-7-13-24(23)31-28(33)25-18-35-26(29-25)17-34-22-10-2-1-3-11-22/h1-5,8-11,14-16,18,23-24H,6-7,12-13,17H2,(H,30,32)(H,31,33)/t23-,24-/m0/s1. The highest BCUT2D eigenvalue weighted by atomic mass is 32.1. The van der Waals surface area contributed by atoms with Crippen molar-refractivity contribution in [1.29, 1.82) is 0 Å². The molecule has 0 aliphatic heterocycles. The predicted molar refractivity (Wildman–Crippen MR) is 138 cm³/mol. The van der Waals surface area contributed by atoms with Crippen LogP contribution in [0.15, 0.2) is 78.2 Å². The van der Waals surface area contributed by atoms with Crippen molar-refractivity contribution in [2.24, 2.45) is 0 Å². The van der Waals surface area contributed by atoms with E-state index in [9.17, 15) is 9.59 Å². The number of fused-ring (bicyclic) bond motifs is 1. The molecule has 3 aromatic carbocycles. The zero-order valence-electron chi connectivity index (χ0n) is 19.3. The highest BCUT2D eigenvalue weighted by molar-refractivity contribution is 7.09. The Bertz CT molecular complexity index is 1320. The lowest BCUT2D eigenvalue weighted by molar-refractivity contribution is 0.0860. The Balaban J connectivity index is 1.20. The van der Waals surface area contributed by atoms with Crippen molar-refractivity contribution in [1.82, 2.24) is 15.6 Å². The molecule has 2 amide bonds. The number of aromatic nitrogens is 1. The number of hydrogen-bond acceptors (Lipinski definition) is 5. The number of para-hydroxylation sites is 1. The zero-order chi connectivity index (χ0) is 24.0. The van der Waals surface area contributed by atoms with E-state index in [-0.39, 0.29) is 23.9 Å². The first-order valence-corrected chi connectivity index (χ1v) is 12.8. The molecule has 1 heterocycles. The van der Waals surface area contributed by atoms with Gasteiger partial charge in [-0.15, -0.1) is 11.3 Å². The quantitative estimate of drug-likeness (QED) is 0.370. The molecule has 178 valence electrons. The molecule has 5 rings (SSSR count). The highest BCUT2D eigenvalue weighted by Crippen LogP contribution is 2.22. The van der Waals surface area contributed by atoms with Crippen LogP contribution in [0, 0.1) is 0 Å². The second-order valence-electron chi connectivity index (χ2n) is 8.73. The summed E-state index contributed by atoms with van der Waals surface area (Å²) in [7, 11) is 0. The highest BCUT2D eigenvalue weighted by Gasteiger charge is 2.29. The van der Waals surface area contributed by atoms with Crippen molar-refractivity contribution in [2.75, 3.05) is 0 Å². The molecule has 0 saturated heterocycles. The van der Waals surface area contributed by atoms with Crippen LogP contribution in [0.3, 0.4) is 0 Å². The van der Waals surface area contributed by atoms with Gasteiger partial charge in [-0.2, -0.15) is 0 Å². The molecule has 0 spiro atoms. The maximum atomic E-state index is 13.0. The number of carbonyl (C=O) groups excluding carboxylic acids is 2. The van der Waals surface area contributed by atoms with E-state index in [0.29, 0.717) is 17.9 Å². The van der Waals surface area contributed by atoms with E-state index in [1.165, 1.54) is 11.3 Å².